The van der Waals surface area contributed by atoms with Gasteiger partial charge in [-0.05, 0) is 73.0 Å². The predicted octanol–water partition coefficient (Wildman–Crippen LogP) is 4.99. The van der Waals surface area contributed by atoms with Crippen molar-refractivity contribution in [2.45, 2.75) is 25.4 Å². The van der Waals surface area contributed by atoms with E-state index in [-0.39, 0.29) is 22.8 Å². The average Bonchev–Trinajstić information content (AvgIpc) is 3.88. The second kappa shape index (κ2) is 13.6. The number of benzene rings is 3. The average molecular weight is 679 g/mol. The van der Waals surface area contributed by atoms with Gasteiger partial charge in [-0.1, -0.05) is 17.4 Å². The summed E-state index contributed by atoms with van der Waals surface area (Å²) in [5.41, 5.74) is 2.83. The summed E-state index contributed by atoms with van der Waals surface area (Å²) < 4.78 is 29.5. The Hall–Kier alpha value is -5.82. The molecule has 0 atom stereocenters. The minimum Gasteiger partial charge on any atom is -0.493 e. The summed E-state index contributed by atoms with van der Waals surface area (Å²) in [5.74, 6) is -0.800. The van der Waals surface area contributed by atoms with E-state index < -0.39 is 17.2 Å². The number of methoxy groups -OCH3 is 2. The molecular formula is C37H35FN6O6. The van der Waals surface area contributed by atoms with Crippen LogP contribution in [0.15, 0.2) is 77.9 Å². The molecule has 3 aromatic carbocycles. The Labute approximate surface area is 286 Å². The molecule has 13 heteroatoms. The lowest BCUT2D eigenvalue weighted by atomic mass is 10.1. The first-order chi connectivity index (χ1) is 24.2. The first-order valence-electron chi connectivity index (χ1n) is 16.3. The third-order valence-electron chi connectivity index (χ3n) is 9.16. The molecule has 1 saturated heterocycles. The van der Waals surface area contributed by atoms with Crippen LogP contribution >= 0.6 is 0 Å². The van der Waals surface area contributed by atoms with Crippen LogP contribution in [0.3, 0.4) is 0 Å². The highest BCUT2D eigenvalue weighted by Crippen LogP contribution is 2.38. The fraction of sp³-hybridized carbons (Fsp3) is 0.270. The molecule has 2 aliphatic rings. The number of nitrogens with zero attached hydrogens (tertiary/aromatic N) is 6. The second-order valence-electron chi connectivity index (χ2n) is 12.4. The molecule has 0 bridgehead atoms. The quantitative estimate of drug-likeness (QED) is 0.151. The van der Waals surface area contributed by atoms with Gasteiger partial charge in [0.15, 0.2) is 17.3 Å². The minimum atomic E-state index is -1.31. The highest BCUT2D eigenvalue weighted by molar-refractivity contribution is 6.07. The van der Waals surface area contributed by atoms with Crippen molar-refractivity contribution >= 4 is 34.4 Å². The summed E-state index contributed by atoms with van der Waals surface area (Å²) in [6, 6.07) is 15.5. The molecule has 1 saturated carbocycles. The monoisotopic (exact) mass is 678 g/mol. The van der Waals surface area contributed by atoms with Crippen molar-refractivity contribution in [2.24, 2.45) is 0 Å². The maximum absolute atomic E-state index is 15.4. The summed E-state index contributed by atoms with van der Waals surface area (Å²) in [4.78, 5) is 41.5. The standard InChI is InChI=1S/C37H35FN6O6/c1-49-34-12-4-23(17-35(34)50-2)3-11-33(45)24-5-7-27(8-6-24)44-21-25(39-40-44)20-41-13-15-42(16-14-41)32-19-31-28(18-30(32)38)36(46)29(37(47)48)22-43(31)26-9-10-26/h3-8,11-12,17-19,21-22,26H,9-10,13-16,20H2,1-2H3,(H,47,48)/b11-3+. The second-order valence-corrected chi connectivity index (χ2v) is 12.4. The zero-order chi connectivity index (χ0) is 34.9. The molecule has 1 aliphatic heterocycles. The molecule has 1 aliphatic carbocycles. The van der Waals surface area contributed by atoms with Gasteiger partial charge in [-0.25, -0.2) is 13.9 Å². The molecule has 256 valence electrons. The van der Waals surface area contributed by atoms with Crippen LogP contribution in [0.2, 0.25) is 0 Å². The molecule has 50 heavy (non-hydrogen) atoms. The maximum Gasteiger partial charge on any atom is 0.341 e. The van der Waals surface area contributed by atoms with Crippen LogP contribution in [0.25, 0.3) is 22.7 Å². The minimum absolute atomic E-state index is 0.0870. The fourth-order valence-corrected chi connectivity index (χ4v) is 6.28. The zero-order valence-electron chi connectivity index (χ0n) is 27.6. The van der Waals surface area contributed by atoms with Crippen LogP contribution in [0, 0.1) is 5.82 Å². The number of anilines is 1. The maximum atomic E-state index is 15.4. The highest BCUT2D eigenvalue weighted by atomic mass is 19.1. The third kappa shape index (κ3) is 6.59. The number of ketones is 1. The molecule has 3 heterocycles. The van der Waals surface area contributed by atoms with Gasteiger partial charge in [0.2, 0.25) is 5.43 Å². The number of carboxylic acids is 1. The fourth-order valence-electron chi connectivity index (χ4n) is 6.28. The predicted molar refractivity (Wildman–Crippen MR) is 185 cm³/mol. The number of carboxylic acid groups (broad SMARTS) is 1. The number of fused-ring (bicyclic) bond motifs is 1. The van der Waals surface area contributed by atoms with Crippen LogP contribution in [0.5, 0.6) is 11.5 Å². The zero-order valence-corrected chi connectivity index (χ0v) is 27.6. The van der Waals surface area contributed by atoms with Crippen molar-refractivity contribution in [2.75, 3.05) is 45.3 Å². The number of aromatic nitrogens is 4. The van der Waals surface area contributed by atoms with Crippen LogP contribution < -0.4 is 19.8 Å². The van der Waals surface area contributed by atoms with Gasteiger partial charge in [0.25, 0.3) is 0 Å². The lowest BCUT2D eigenvalue weighted by Gasteiger charge is -2.36. The van der Waals surface area contributed by atoms with Crippen molar-refractivity contribution in [1.29, 1.82) is 0 Å². The number of aromatic carboxylic acids is 1. The molecular weight excluding hydrogens is 643 g/mol. The van der Waals surface area contributed by atoms with E-state index in [2.05, 4.69) is 15.2 Å². The summed E-state index contributed by atoms with van der Waals surface area (Å²) in [7, 11) is 3.13. The number of hydrogen-bond donors (Lipinski definition) is 1. The van der Waals surface area contributed by atoms with Crippen molar-refractivity contribution in [3.63, 3.8) is 0 Å². The Morgan fingerprint density at radius 2 is 1.70 bits per heavy atom. The molecule has 0 radical (unpaired) electrons. The van der Waals surface area contributed by atoms with E-state index in [1.165, 1.54) is 18.3 Å². The van der Waals surface area contributed by atoms with Gasteiger partial charge in [-0.15, -0.1) is 5.10 Å². The molecule has 0 unspecified atom stereocenters. The van der Waals surface area contributed by atoms with Gasteiger partial charge in [0, 0.05) is 55.9 Å². The van der Waals surface area contributed by atoms with Crippen molar-refractivity contribution in [3.05, 3.63) is 111 Å². The number of allylic oxidation sites excluding steroid dienone is 1. The summed E-state index contributed by atoms with van der Waals surface area (Å²) >= 11 is 0. The first kappa shape index (κ1) is 32.7. The normalized spacial score (nSPS) is 15.1. The lowest BCUT2D eigenvalue weighted by Crippen LogP contribution is -2.46. The van der Waals surface area contributed by atoms with Crippen LogP contribution in [0.1, 0.15) is 50.9 Å². The summed E-state index contributed by atoms with van der Waals surface area (Å²) in [6.45, 7) is 3.00. The smallest absolute Gasteiger partial charge is 0.341 e. The number of carbonyl (C=O) groups is 2. The van der Waals surface area contributed by atoms with Crippen molar-refractivity contribution in [1.82, 2.24) is 24.5 Å². The Bertz CT molecular complexity index is 2180. The number of piperazine rings is 1. The van der Waals surface area contributed by atoms with Gasteiger partial charge in [0.1, 0.15) is 11.4 Å². The van der Waals surface area contributed by atoms with E-state index in [1.54, 1.807) is 55.3 Å². The van der Waals surface area contributed by atoms with E-state index in [0.717, 1.165) is 29.8 Å². The van der Waals surface area contributed by atoms with E-state index >= 15 is 4.39 Å². The summed E-state index contributed by atoms with van der Waals surface area (Å²) in [6.07, 6.45) is 8.27. The number of pyridine rings is 1. The number of ether oxygens (including phenoxy) is 2. The van der Waals surface area contributed by atoms with Gasteiger partial charge < -0.3 is 24.0 Å². The first-order valence-corrected chi connectivity index (χ1v) is 16.3. The topological polar surface area (TPSA) is 132 Å². The lowest BCUT2D eigenvalue weighted by molar-refractivity contribution is 0.0694. The van der Waals surface area contributed by atoms with Crippen molar-refractivity contribution < 1.29 is 28.6 Å². The molecule has 2 aromatic heterocycles. The van der Waals surface area contributed by atoms with Gasteiger partial charge >= 0.3 is 5.97 Å². The van der Waals surface area contributed by atoms with E-state index in [9.17, 15) is 19.5 Å². The van der Waals surface area contributed by atoms with Crippen LogP contribution in [-0.4, -0.2) is 81.7 Å². The number of carbonyl (C=O) groups excluding carboxylic acids is 1. The Morgan fingerprint density at radius 3 is 2.38 bits per heavy atom. The highest BCUT2D eigenvalue weighted by Gasteiger charge is 2.28. The van der Waals surface area contributed by atoms with Crippen LogP contribution in [-0.2, 0) is 6.54 Å². The Morgan fingerprint density at radius 1 is 0.960 bits per heavy atom. The Kier molecular flexibility index (Phi) is 8.89. The van der Waals surface area contributed by atoms with Crippen LogP contribution in [0.4, 0.5) is 10.1 Å². The SMILES string of the molecule is COc1ccc(/C=C/C(=O)c2ccc(-n3cc(CN4CCN(c5cc6c(cc5F)c(=O)c(C(=O)O)cn6C5CC5)CC4)nn3)cc2)cc1OC. The Balaban J connectivity index is 0.975. The molecule has 2 fully saturated rings. The molecule has 1 N–H and O–H groups in total. The molecule has 5 aromatic rings. The van der Waals surface area contributed by atoms with E-state index in [1.807, 2.05) is 33.9 Å². The number of halogens is 1. The molecule has 12 nitrogen and oxygen atoms in total. The van der Waals surface area contributed by atoms with E-state index in [4.69, 9.17) is 9.47 Å². The summed E-state index contributed by atoms with van der Waals surface area (Å²) in [5, 5.41) is 18.2. The largest absolute Gasteiger partial charge is 0.493 e. The van der Waals surface area contributed by atoms with Gasteiger partial charge in [-0.2, -0.15) is 0 Å². The van der Waals surface area contributed by atoms with Crippen molar-refractivity contribution in [3.8, 4) is 17.2 Å². The van der Waals surface area contributed by atoms with Gasteiger partial charge in [0.05, 0.1) is 43.0 Å². The third-order valence-corrected chi connectivity index (χ3v) is 9.16. The number of rotatable bonds is 11. The molecule has 0 amide bonds. The van der Waals surface area contributed by atoms with Gasteiger partial charge in [-0.3, -0.25) is 14.5 Å². The van der Waals surface area contributed by atoms with E-state index in [0.29, 0.717) is 61.0 Å². The molecule has 0 spiro atoms. The molecule has 7 rings (SSSR count). The number of hydrogen-bond acceptors (Lipinski definition) is 9.